The van der Waals surface area contributed by atoms with E-state index >= 15 is 0 Å². The molecule has 2 aromatic rings. The van der Waals surface area contributed by atoms with Crippen LogP contribution < -0.4 is 5.32 Å². The van der Waals surface area contributed by atoms with E-state index in [2.05, 4.69) is 10.3 Å². The normalized spacial score (nSPS) is 14.7. The van der Waals surface area contributed by atoms with Gasteiger partial charge in [0.15, 0.2) is 11.7 Å². The molecule has 1 fully saturated rings. The van der Waals surface area contributed by atoms with Crippen LogP contribution in [0.25, 0.3) is 11.3 Å². The van der Waals surface area contributed by atoms with Crippen molar-refractivity contribution in [3.05, 3.63) is 41.7 Å². The average molecular weight is 274 g/mol. The molecular weight excluding hydrogens is 255 g/mol. The number of nitrogens with zero attached hydrogens (tertiary/aromatic N) is 1. The highest BCUT2D eigenvalue weighted by Gasteiger charge is 2.19. The van der Waals surface area contributed by atoms with Crippen molar-refractivity contribution in [2.75, 3.05) is 6.54 Å². The number of hydrogen-bond donors (Lipinski definition) is 1. The molecule has 1 aromatic carbocycles. The summed E-state index contributed by atoms with van der Waals surface area (Å²) in [6, 6.07) is 5.86. The van der Waals surface area contributed by atoms with Gasteiger partial charge in [0.2, 0.25) is 0 Å². The quantitative estimate of drug-likeness (QED) is 0.820. The van der Waals surface area contributed by atoms with Gasteiger partial charge in [0.25, 0.3) is 0 Å². The van der Waals surface area contributed by atoms with E-state index in [9.17, 15) is 4.39 Å². The summed E-state index contributed by atoms with van der Waals surface area (Å²) in [6.45, 7) is 2.85. The van der Waals surface area contributed by atoms with Crippen LogP contribution in [0.4, 0.5) is 4.39 Å². The molecular formula is C16H19FN2O. The molecule has 106 valence electrons. The van der Waals surface area contributed by atoms with Gasteiger partial charge in [-0.15, -0.1) is 0 Å². The molecule has 0 bridgehead atoms. The first-order chi connectivity index (χ1) is 9.72. The second kappa shape index (κ2) is 5.75. The van der Waals surface area contributed by atoms with E-state index in [0.717, 1.165) is 31.0 Å². The molecule has 0 unspecified atom stereocenters. The topological polar surface area (TPSA) is 38.1 Å². The zero-order chi connectivity index (χ0) is 13.9. The third kappa shape index (κ3) is 3.25. The fourth-order valence-electron chi connectivity index (χ4n) is 2.20. The Balaban J connectivity index is 1.60. The van der Waals surface area contributed by atoms with E-state index in [1.54, 1.807) is 12.3 Å². The Hall–Kier alpha value is -1.68. The summed E-state index contributed by atoms with van der Waals surface area (Å²) in [4.78, 5) is 4.23. The van der Waals surface area contributed by atoms with Gasteiger partial charge in [-0.3, -0.25) is 0 Å². The van der Waals surface area contributed by atoms with E-state index in [4.69, 9.17) is 4.42 Å². The van der Waals surface area contributed by atoms with Crippen LogP contribution in [0.15, 0.2) is 28.8 Å². The Labute approximate surface area is 118 Å². The van der Waals surface area contributed by atoms with Gasteiger partial charge in [0, 0.05) is 12.5 Å². The van der Waals surface area contributed by atoms with E-state index in [1.807, 2.05) is 13.0 Å². The Morgan fingerprint density at radius 1 is 1.40 bits per heavy atom. The SMILES string of the molecule is Cc1ccc(-c2cnc(CCCNC3CC3)o2)c(F)c1. The lowest BCUT2D eigenvalue weighted by Crippen LogP contribution is -2.17. The highest BCUT2D eigenvalue weighted by Crippen LogP contribution is 2.24. The number of rotatable bonds is 6. The Morgan fingerprint density at radius 2 is 2.25 bits per heavy atom. The van der Waals surface area contributed by atoms with Gasteiger partial charge in [-0.1, -0.05) is 6.07 Å². The molecule has 0 atom stereocenters. The van der Waals surface area contributed by atoms with Gasteiger partial charge in [0.05, 0.1) is 11.8 Å². The summed E-state index contributed by atoms with van der Waals surface area (Å²) in [6.07, 6.45) is 5.99. The molecule has 1 saturated carbocycles. The molecule has 3 rings (SSSR count). The van der Waals surface area contributed by atoms with E-state index in [-0.39, 0.29) is 5.82 Å². The van der Waals surface area contributed by atoms with Crippen LogP contribution in [0.1, 0.15) is 30.7 Å². The lowest BCUT2D eigenvalue weighted by molar-refractivity contribution is 0.488. The number of benzene rings is 1. The number of nitrogens with one attached hydrogen (secondary N) is 1. The van der Waals surface area contributed by atoms with Crippen LogP contribution in [-0.2, 0) is 6.42 Å². The Kier molecular flexibility index (Phi) is 3.83. The van der Waals surface area contributed by atoms with Crippen LogP contribution in [0, 0.1) is 12.7 Å². The second-order valence-corrected chi connectivity index (χ2v) is 5.43. The molecule has 0 aliphatic heterocycles. The van der Waals surface area contributed by atoms with Crippen LogP contribution >= 0.6 is 0 Å². The molecule has 1 aliphatic carbocycles. The van der Waals surface area contributed by atoms with Crippen molar-refractivity contribution >= 4 is 0 Å². The molecule has 1 N–H and O–H groups in total. The number of hydrogen-bond acceptors (Lipinski definition) is 3. The zero-order valence-electron chi connectivity index (χ0n) is 11.7. The Morgan fingerprint density at radius 3 is 3.00 bits per heavy atom. The zero-order valence-corrected chi connectivity index (χ0v) is 11.7. The van der Waals surface area contributed by atoms with E-state index in [1.165, 1.54) is 18.9 Å². The minimum Gasteiger partial charge on any atom is -0.441 e. The monoisotopic (exact) mass is 274 g/mol. The number of aryl methyl sites for hydroxylation is 2. The third-order valence-electron chi connectivity index (χ3n) is 3.52. The van der Waals surface area contributed by atoms with Crippen LogP contribution in [0.5, 0.6) is 0 Å². The lowest BCUT2D eigenvalue weighted by Gasteiger charge is -2.01. The predicted molar refractivity (Wildman–Crippen MR) is 76.0 cm³/mol. The van der Waals surface area contributed by atoms with Gasteiger partial charge in [-0.25, -0.2) is 9.37 Å². The van der Waals surface area contributed by atoms with Crippen molar-refractivity contribution < 1.29 is 8.81 Å². The van der Waals surface area contributed by atoms with Crippen LogP contribution in [0.2, 0.25) is 0 Å². The number of oxazole rings is 1. The molecule has 0 radical (unpaired) electrons. The summed E-state index contributed by atoms with van der Waals surface area (Å²) in [7, 11) is 0. The molecule has 1 aliphatic rings. The summed E-state index contributed by atoms with van der Waals surface area (Å²) < 4.78 is 19.5. The summed E-state index contributed by atoms with van der Waals surface area (Å²) in [5.41, 5.74) is 1.38. The van der Waals surface area contributed by atoms with Gasteiger partial charge < -0.3 is 9.73 Å². The molecule has 1 aromatic heterocycles. The maximum absolute atomic E-state index is 13.9. The minimum absolute atomic E-state index is 0.261. The Bertz CT molecular complexity index is 590. The van der Waals surface area contributed by atoms with Crippen molar-refractivity contribution in [1.29, 1.82) is 0 Å². The van der Waals surface area contributed by atoms with Crippen molar-refractivity contribution in [3.63, 3.8) is 0 Å². The fourth-order valence-corrected chi connectivity index (χ4v) is 2.20. The summed E-state index contributed by atoms with van der Waals surface area (Å²) in [5, 5.41) is 3.45. The van der Waals surface area contributed by atoms with Crippen molar-refractivity contribution in [3.8, 4) is 11.3 Å². The average Bonchev–Trinajstić information content (AvgIpc) is 3.13. The summed E-state index contributed by atoms with van der Waals surface area (Å²) >= 11 is 0. The summed E-state index contributed by atoms with van der Waals surface area (Å²) in [5.74, 6) is 0.924. The van der Waals surface area contributed by atoms with Crippen molar-refractivity contribution in [2.24, 2.45) is 0 Å². The standard InChI is InChI=1S/C16H19FN2O/c1-11-4-7-13(14(17)9-11)15-10-19-16(20-15)3-2-8-18-12-5-6-12/h4,7,9-10,12,18H,2-3,5-6,8H2,1H3. The molecule has 0 amide bonds. The van der Waals surface area contributed by atoms with Gasteiger partial charge in [-0.2, -0.15) is 0 Å². The molecule has 4 heteroatoms. The van der Waals surface area contributed by atoms with Gasteiger partial charge in [0.1, 0.15) is 5.82 Å². The predicted octanol–water partition coefficient (Wildman–Crippen LogP) is 3.47. The lowest BCUT2D eigenvalue weighted by atomic mass is 10.1. The highest BCUT2D eigenvalue weighted by atomic mass is 19.1. The smallest absolute Gasteiger partial charge is 0.194 e. The largest absolute Gasteiger partial charge is 0.441 e. The first kappa shape index (κ1) is 13.3. The molecule has 1 heterocycles. The van der Waals surface area contributed by atoms with Crippen LogP contribution in [0.3, 0.4) is 0 Å². The number of aromatic nitrogens is 1. The molecule has 0 spiro atoms. The van der Waals surface area contributed by atoms with Crippen LogP contribution in [-0.4, -0.2) is 17.6 Å². The fraction of sp³-hybridized carbons (Fsp3) is 0.438. The van der Waals surface area contributed by atoms with E-state index < -0.39 is 0 Å². The van der Waals surface area contributed by atoms with Gasteiger partial charge in [-0.05, 0) is 50.4 Å². The van der Waals surface area contributed by atoms with Gasteiger partial charge >= 0.3 is 0 Å². The van der Waals surface area contributed by atoms with E-state index in [0.29, 0.717) is 17.2 Å². The molecule has 3 nitrogen and oxygen atoms in total. The van der Waals surface area contributed by atoms with Crippen molar-refractivity contribution in [2.45, 2.75) is 38.6 Å². The maximum atomic E-state index is 13.9. The van der Waals surface area contributed by atoms with Crippen molar-refractivity contribution in [1.82, 2.24) is 10.3 Å². The maximum Gasteiger partial charge on any atom is 0.194 e. The highest BCUT2D eigenvalue weighted by molar-refractivity contribution is 5.57. The molecule has 0 saturated heterocycles. The minimum atomic E-state index is -0.261. The molecule has 20 heavy (non-hydrogen) atoms. The second-order valence-electron chi connectivity index (χ2n) is 5.43. The third-order valence-corrected chi connectivity index (χ3v) is 3.52. The first-order valence-electron chi connectivity index (χ1n) is 7.17. The first-order valence-corrected chi connectivity index (χ1v) is 7.17. The number of halogens is 1.